The molecule has 0 aromatic rings. The minimum absolute atomic E-state index is 0.822. The molecule has 0 aliphatic carbocycles. The van der Waals surface area contributed by atoms with Crippen molar-refractivity contribution in [1.29, 1.82) is 0 Å². The van der Waals surface area contributed by atoms with Gasteiger partial charge >= 0.3 is 0 Å². The van der Waals surface area contributed by atoms with Crippen molar-refractivity contribution >= 4 is 0 Å². The number of fused-ring (bicyclic) bond motifs is 1. The molecular weight excluding hydrogens is 148 g/mol. The Morgan fingerprint density at radius 3 is 2.75 bits per heavy atom. The monoisotopic (exact) mass is 168 g/mol. The van der Waals surface area contributed by atoms with Gasteiger partial charge in [-0.25, -0.2) is 0 Å². The topological polar surface area (TPSA) is 24.1 Å². The molecule has 2 heterocycles. The third-order valence-electron chi connectivity index (χ3n) is 3.30. The second kappa shape index (κ2) is 4.24. The number of rotatable bonds is 0. The number of hydrogen-bond donors (Lipinski definition) is 2. The van der Waals surface area contributed by atoms with Crippen molar-refractivity contribution < 1.29 is 0 Å². The van der Waals surface area contributed by atoms with Gasteiger partial charge in [0.1, 0.15) is 0 Å². The predicted octanol–water partition coefficient (Wildman–Crippen LogP) is 1.13. The number of hydrogen-bond acceptors (Lipinski definition) is 2. The average molecular weight is 168 g/mol. The Hall–Kier alpha value is -0.0800. The third kappa shape index (κ3) is 1.99. The largest absolute Gasteiger partial charge is 0.317 e. The highest BCUT2D eigenvalue weighted by Gasteiger charge is 2.24. The standard InChI is InChI=1S/C10H20N2/c1-2-6-12-10-5-8-11-7-4-9(10)3-1/h9-12H,1-8H2/t9-,10-/m1/s1. The van der Waals surface area contributed by atoms with Crippen LogP contribution in [0.3, 0.4) is 0 Å². The molecule has 2 N–H and O–H groups in total. The Morgan fingerprint density at radius 1 is 0.833 bits per heavy atom. The maximum atomic E-state index is 3.68. The lowest BCUT2D eigenvalue weighted by molar-refractivity contribution is 0.351. The lowest BCUT2D eigenvalue weighted by atomic mass is 9.91. The van der Waals surface area contributed by atoms with Crippen LogP contribution in [0.15, 0.2) is 0 Å². The molecule has 2 nitrogen and oxygen atoms in total. The van der Waals surface area contributed by atoms with Gasteiger partial charge in [-0.05, 0) is 51.2 Å². The van der Waals surface area contributed by atoms with Crippen LogP contribution in [0.2, 0.25) is 0 Å². The van der Waals surface area contributed by atoms with Crippen molar-refractivity contribution in [3.63, 3.8) is 0 Å². The van der Waals surface area contributed by atoms with Gasteiger partial charge in [-0.15, -0.1) is 0 Å². The lowest BCUT2D eigenvalue weighted by Gasteiger charge is -2.22. The summed E-state index contributed by atoms with van der Waals surface area (Å²) in [5.74, 6) is 0.961. The van der Waals surface area contributed by atoms with E-state index in [0.29, 0.717) is 0 Å². The van der Waals surface area contributed by atoms with E-state index in [0.717, 1.165) is 12.0 Å². The summed E-state index contributed by atoms with van der Waals surface area (Å²) in [6.07, 6.45) is 7.01. The molecule has 0 amide bonds. The Morgan fingerprint density at radius 2 is 1.75 bits per heavy atom. The van der Waals surface area contributed by atoms with Gasteiger partial charge in [0.2, 0.25) is 0 Å². The molecule has 2 aliphatic rings. The molecule has 0 bridgehead atoms. The summed E-state index contributed by atoms with van der Waals surface area (Å²) in [6, 6.07) is 0.822. The van der Waals surface area contributed by atoms with Crippen molar-refractivity contribution in [1.82, 2.24) is 10.6 Å². The van der Waals surface area contributed by atoms with Crippen molar-refractivity contribution in [2.45, 2.75) is 38.1 Å². The molecule has 2 aliphatic heterocycles. The van der Waals surface area contributed by atoms with E-state index in [-0.39, 0.29) is 0 Å². The van der Waals surface area contributed by atoms with Crippen LogP contribution in [0.5, 0.6) is 0 Å². The van der Waals surface area contributed by atoms with Crippen LogP contribution in [0.1, 0.15) is 32.1 Å². The van der Waals surface area contributed by atoms with Gasteiger partial charge in [-0.2, -0.15) is 0 Å². The van der Waals surface area contributed by atoms with Crippen LogP contribution in [0.4, 0.5) is 0 Å². The second-order valence-electron chi connectivity index (χ2n) is 4.14. The van der Waals surface area contributed by atoms with Gasteiger partial charge < -0.3 is 10.6 Å². The van der Waals surface area contributed by atoms with Crippen LogP contribution in [0.25, 0.3) is 0 Å². The highest BCUT2D eigenvalue weighted by Crippen LogP contribution is 2.23. The summed E-state index contributed by atoms with van der Waals surface area (Å²) in [5, 5.41) is 7.17. The Bertz CT molecular complexity index is 108. The van der Waals surface area contributed by atoms with Gasteiger partial charge in [0.05, 0.1) is 0 Å². The molecule has 2 fully saturated rings. The predicted molar refractivity (Wildman–Crippen MR) is 51.2 cm³/mol. The van der Waals surface area contributed by atoms with E-state index >= 15 is 0 Å². The van der Waals surface area contributed by atoms with Gasteiger partial charge in [-0.3, -0.25) is 0 Å². The summed E-state index contributed by atoms with van der Waals surface area (Å²) in [6.45, 7) is 3.71. The highest BCUT2D eigenvalue weighted by atomic mass is 15.0. The first-order valence-corrected chi connectivity index (χ1v) is 5.41. The van der Waals surface area contributed by atoms with Crippen molar-refractivity contribution in [3.05, 3.63) is 0 Å². The molecule has 2 saturated heterocycles. The Balaban J connectivity index is 1.94. The summed E-state index contributed by atoms with van der Waals surface area (Å²) >= 11 is 0. The third-order valence-corrected chi connectivity index (χ3v) is 3.30. The number of nitrogens with one attached hydrogen (secondary N) is 2. The first-order chi connectivity index (χ1) is 5.97. The molecule has 2 atom stereocenters. The SMILES string of the molecule is C1CC[C@@H]2CCNCC[C@H]2NC1. The van der Waals surface area contributed by atoms with E-state index in [1.807, 2.05) is 0 Å². The minimum atomic E-state index is 0.822. The second-order valence-corrected chi connectivity index (χ2v) is 4.14. The smallest absolute Gasteiger partial charge is 0.0108 e. The summed E-state index contributed by atoms with van der Waals surface area (Å²) in [5.41, 5.74) is 0. The van der Waals surface area contributed by atoms with Crippen LogP contribution in [-0.2, 0) is 0 Å². The average Bonchev–Trinajstić information content (AvgIpc) is 2.38. The van der Waals surface area contributed by atoms with Crippen LogP contribution in [-0.4, -0.2) is 25.7 Å². The normalized spacial score (nSPS) is 38.0. The van der Waals surface area contributed by atoms with E-state index in [9.17, 15) is 0 Å². The van der Waals surface area contributed by atoms with E-state index in [1.54, 1.807) is 0 Å². The first-order valence-electron chi connectivity index (χ1n) is 5.41. The molecule has 0 aromatic heterocycles. The van der Waals surface area contributed by atoms with Gasteiger partial charge in [0.15, 0.2) is 0 Å². The van der Waals surface area contributed by atoms with Gasteiger partial charge in [-0.1, -0.05) is 6.42 Å². The van der Waals surface area contributed by atoms with E-state index in [1.165, 1.54) is 51.7 Å². The van der Waals surface area contributed by atoms with Crippen LogP contribution >= 0.6 is 0 Å². The highest BCUT2D eigenvalue weighted by molar-refractivity contribution is 4.82. The molecule has 0 saturated carbocycles. The molecule has 0 unspecified atom stereocenters. The fourth-order valence-electron chi connectivity index (χ4n) is 2.54. The first kappa shape index (κ1) is 8.52. The summed E-state index contributed by atoms with van der Waals surface area (Å²) < 4.78 is 0. The molecule has 0 radical (unpaired) electrons. The molecule has 0 spiro atoms. The summed E-state index contributed by atoms with van der Waals surface area (Å²) in [4.78, 5) is 0. The van der Waals surface area contributed by atoms with Crippen LogP contribution in [0, 0.1) is 5.92 Å². The molecule has 2 heteroatoms. The Labute approximate surface area is 75.1 Å². The maximum absolute atomic E-state index is 3.68. The molecule has 70 valence electrons. The Kier molecular flexibility index (Phi) is 3.01. The van der Waals surface area contributed by atoms with Crippen molar-refractivity contribution in [3.8, 4) is 0 Å². The van der Waals surface area contributed by atoms with Gasteiger partial charge in [0.25, 0.3) is 0 Å². The fourth-order valence-corrected chi connectivity index (χ4v) is 2.54. The maximum Gasteiger partial charge on any atom is 0.0108 e. The zero-order chi connectivity index (χ0) is 8.23. The quantitative estimate of drug-likeness (QED) is 0.566. The van der Waals surface area contributed by atoms with E-state index in [4.69, 9.17) is 0 Å². The fraction of sp³-hybridized carbons (Fsp3) is 1.00. The lowest BCUT2D eigenvalue weighted by Crippen LogP contribution is -2.34. The molecule has 0 aromatic carbocycles. The zero-order valence-electron chi connectivity index (χ0n) is 7.81. The van der Waals surface area contributed by atoms with Gasteiger partial charge in [0, 0.05) is 6.04 Å². The van der Waals surface area contributed by atoms with Crippen molar-refractivity contribution in [2.24, 2.45) is 5.92 Å². The molecule has 12 heavy (non-hydrogen) atoms. The minimum Gasteiger partial charge on any atom is -0.317 e. The van der Waals surface area contributed by atoms with Crippen LogP contribution < -0.4 is 10.6 Å². The van der Waals surface area contributed by atoms with E-state index in [2.05, 4.69) is 10.6 Å². The zero-order valence-corrected chi connectivity index (χ0v) is 7.81. The molecular formula is C10H20N2. The summed E-state index contributed by atoms with van der Waals surface area (Å²) in [7, 11) is 0. The van der Waals surface area contributed by atoms with E-state index < -0.39 is 0 Å². The van der Waals surface area contributed by atoms with Crippen molar-refractivity contribution in [2.75, 3.05) is 19.6 Å². The molecule has 2 rings (SSSR count).